The summed E-state index contributed by atoms with van der Waals surface area (Å²) in [6.07, 6.45) is 4.04. The van der Waals surface area contributed by atoms with Gasteiger partial charge in [-0.1, -0.05) is 13.3 Å². The molecule has 0 aromatic heterocycles. The number of carbonyl (C=O) groups excluding carboxylic acids is 1. The molecule has 0 bridgehead atoms. The smallest absolute Gasteiger partial charge is 0.223 e. The van der Waals surface area contributed by atoms with Crippen molar-refractivity contribution in [2.45, 2.75) is 38.6 Å². The fourth-order valence-corrected chi connectivity index (χ4v) is 3.28. The monoisotopic (exact) mass is 282 g/mol. The predicted molar refractivity (Wildman–Crippen MR) is 81.5 cm³/mol. The molecule has 2 rings (SSSR count). The lowest BCUT2D eigenvalue weighted by molar-refractivity contribution is -0.126. The minimum absolute atomic E-state index is 0.149. The number of hydrogen-bond acceptors (Lipinski definition) is 4. The molecule has 5 heteroatoms. The zero-order valence-corrected chi connectivity index (χ0v) is 12.8. The molecular weight excluding hydrogens is 252 g/mol. The molecule has 2 atom stereocenters. The first kappa shape index (κ1) is 15.7. The van der Waals surface area contributed by atoms with Gasteiger partial charge >= 0.3 is 0 Å². The van der Waals surface area contributed by atoms with Crippen molar-refractivity contribution in [3.05, 3.63) is 0 Å². The molecule has 1 aliphatic carbocycles. The summed E-state index contributed by atoms with van der Waals surface area (Å²) >= 11 is 0. The second-order valence-corrected chi connectivity index (χ2v) is 6.19. The molecule has 3 N–H and O–H groups in total. The molecule has 116 valence electrons. The first-order chi connectivity index (χ1) is 9.69. The van der Waals surface area contributed by atoms with Gasteiger partial charge in [0.15, 0.2) is 0 Å². The van der Waals surface area contributed by atoms with Gasteiger partial charge in [0, 0.05) is 51.2 Å². The number of rotatable bonds is 5. The Balaban J connectivity index is 1.60. The van der Waals surface area contributed by atoms with Crippen LogP contribution in [0.5, 0.6) is 0 Å². The first-order valence-electron chi connectivity index (χ1n) is 8.17. The maximum absolute atomic E-state index is 12.1. The van der Waals surface area contributed by atoms with E-state index in [1.165, 1.54) is 0 Å². The van der Waals surface area contributed by atoms with Crippen LogP contribution < -0.4 is 11.1 Å². The Labute approximate surface area is 122 Å². The second kappa shape index (κ2) is 7.96. The average molecular weight is 282 g/mol. The zero-order valence-electron chi connectivity index (χ0n) is 12.8. The van der Waals surface area contributed by atoms with E-state index in [2.05, 4.69) is 22.0 Å². The van der Waals surface area contributed by atoms with E-state index in [-0.39, 0.29) is 17.9 Å². The Kier molecular flexibility index (Phi) is 6.26. The van der Waals surface area contributed by atoms with Crippen LogP contribution in [0.25, 0.3) is 0 Å². The Morgan fingerprint density at radius 1 is 1.20 bits per heavy atom. The Morgan fingerprint density at radius 3 is 2.55 bits per heavy atom. The van der Waals surface area contributed by atoms with Gasteiger partial charge in [0.05, 0.1) is 0 Å². The van der Waals surface area contributed by atoms with Crippen LogP contribution in [0, 0.1) is 5.92 Å². The summed E-state index contributed by atoms with van der Waals surface area (Å²) in [5, 5.41) is 3.10. The van der Waals surface area contributed by atoms with Crippen molar-refractivity contribution in [1.82, 2.24) is 15.1 Å². The lowest BCUT2D eigenvalue weighted by Crippen LogP contribution is -2.48. The fraction of sp³-hybridized carbons (Fsp3) is 0.933. The largest absolute Gasteiger partial charge is 0.355 e. The molecule has 1 saturated carbocycles. The van der Waals surface area contributed by atoms with Crippen molar-refractivity contribution >= 4 is 5.91 Å². The quantitative estimate of drug-likeness (QED) is 0.759. The van der Waals surface area contributed by atoms with E-state index in [4.69, 9.17) is 5.73 Å². The molecule has 2 unspecified atom stereocenters. The maximum atomic E-state index is 12.1. The Bertz CT molecular complexity index is 302. The van der Waals surface area contributed by atoms with Crippen LogP contribution in [0.15, 0.2) is 0 Å². The summed E-state index contributed by atoms with van der Waals surface area (Å²) in [6, 6.07) is 0.224. The SMILES string of the molecule is CCN1CCN(CCNC(=O)C2CCCC(N)C2)CC1. The number of nitrogens with zero attached hydrogens (tertiary/aromatic N) is 2. The fourth-order valence-electron chi connectivity index (χ4n) is 3.28. The van der Waals surface area contributed by atoms with Gasteiger partial charge in [0.2, 0.25) is 5.91 Å². The van der Waals surface area contributed by atoms with Gasteiger partial charge in [0.25, 0.3) is 0 Å². The van der Waals surface area contributed by atoms with Gasteiger partial charge in [-0.3, -0.25) is 9.69 Å². The van der Waals surface area contributed by atoms with E-state index in [0.29, 0.717) is 0 Å². The average Bonchev–Trinajstić information content (AvgIpc) is 2.48. The van der Waals surface area contributed by atoms with E-state index in [1.807, 2.05) is 0 Å². The number of hydrogen-bond donors (Lipinski definition) is 2. The van der Waals surface area contributed by atoms with Crippen LogP contribution in [-0.2, 0) is 4.79 Å². The molecule has 1 aliphatic heterocycles. The minimum Gasteiger partial charge on any atom is -0.355 e. The van der Waals surface area contributed by atoms with Crippen molar-refractivity contribution < 1.29 is 4.79 Å². The number of nitrogens with two attached hydrogens (primary N) is 1. The van der Waals surface area contributed by atoms with E-state index < -0.39 is 0 Å². The molecule has 0 aromatic carbocycles. The standard InChI is InChI=1S/C15H30N4O/c1-2-18-8-10-19(11-9-18)7-6-17-15(20)13-4-3-5-14(16)12-13/h13-14H,2-12,16H2,1H3,(H,17,20). The van der Waals surface area contributed by atoms with Crippen LogP contribution in [0.3, 0.4) is 0 Å². The molecule has 1 saturated heterocycles. The summed E-state index contributed by atoms with van der Waals surface area (Å²) in [7, 11) is 0. The first-order valence-corrected chi connectivity index (χ1v) is 8.17. The lowest BCUT2D eigenvalue weighted by Gasteiger charge is -2.34. The van der Waals surface area contributed by atoms with Crippen molar-refractivity contribution in [2.24, 2.45) is 11.7 Å². The Morgan fingerprint density at radius 2 is 1.90 bits per heavy atom. The number of piperazine rings is 1. The van der Waals surface area contributed by atoms with Crippen LogP contribution in [-0.4, -0.2) is 67.6 Å². The van der Waals surface area contributed by atoms with Gasteiger partial charge in [-0.2, -0.15) is 0 Å². The molecule has 0 aromatic rings. The van der Waals surface area contributed by atoms with Crippen molar-refractivity contribution in [2.75, 3.05) is 45.8 Å². The lowest BCUT2D eigenvalue weighted by atomic mass is 9.85. The highest BCUT2D eigenvalue weighted by atomic mass is 16.1. The van der Waals surface area contributed by atoms with E-state index in [9.17, 15) is 4.79 Å². The highest BCUT2D eigenvalue weighted by molar-refractivity contribution is 5.78. The van der Waals surface area contributed by atoms with Crippen molar-refractivity contribution in [3.8, 4) is 0 Å². The summed E-state index contributed by atoms with van der Waals surface area (Å²) in [5.74, 6) is 0.364. The van der Waals surface area contributed by atoms with Crippen LogP contribution in [0.4, 0.5) is 0 Å². The third-order valence-corrected chi connectivity index (χ3v) is 4.72. The molecular formula is C15H30N4O. The maximum Gasteiger partial charge on any atom is 0.223 e. The minimum atomic E-state index is 0.149. The molecule has 2 aliphatic rings. The number of nitrogens with one attached hydrogen (secondary N) is 1. The number of amides is 1. The molecule has 2 fully saturated rings. The molecule has 0 radical (unpaired) electrons. The van der Waals surface area contributed by atoms with Crippen LogP contribution >= 0.6 is 0 Å². The van der Waals surface area contributed by atoms with Gasteiger partial charge in [-0.05, 0) is 25.8 Å². The highest BCUT2D eigenvalue weighted by Gasteiger charge is 2.25. The van der Waals surface area contributed by atoms with Crippen LogP contribution in [0.1, 0.15) is 32.6 Å². The normalized spacial score (nSPS) is 29.3. The van der Waals surface area contributed by atoms with Crippen molar-refractivity contribution in [3.63, 3.8) is 0 Å². The molecule has 5 nitrogen and oxygen atoms in total. The van der Waals surface area contributed by atoms with Gasteiger partial charge in [-0.25, -0.2) is 0 Å². The zero-order chi connectivity index (χ0) is 14.4. The summed E-state index contributed by atoms with van der Waals surface area (Å²) in [4.78, 5) is 17.0. The summed E-state index contributed by atoms with van der Waals surface area (Å²) in [6.45, 7) is 9.66. The Hall–Kier alpha value is -0.650. The van der Waals surface area contributed by atoms with E-state index in [0.717, 1.165) is 71.5 Å². The number of carbonyl (C=O) groups is 1. The van der Waals surface area contributed by atoms with E-state index >= 15 is 0 Å². The van der Waals surface area contributed by atoms with E-state index in [1.54, 1.807) is 0 Å². The summed E-state index contributed by atoms with van der Waals surface area (Å²) in [5.41, 5.74) is 5.94. The highest BCUT2D eigenvalue weighted by Crippen LogP contribution is 2.22. The molecule has 20 heavy (non-hydrogen) atoms. The predicted octanol–water partition coefficient (Wildman–Crippen LogP) is 0.258. The van der Waals surface area contributed by atoms with Gasteiger partial charge in [0.1, 0.15) is 0 Å². The molecule has 1 heterocycles. The second-order valence-electron chi connectivity index (χ2n) is 6.19. The third-order valence-electron chi connectivity index (χ3n) is 4.72. The van der Waals surface area contributed by atoms with Gasteiger partial charge < -0.3 is 16.0 Å². The van der Waals surface area contributed by atoms with Gasteiger partial charge in [-0.15, -0.1) is 0 Å². The third kappa shape index (κ3) is 4.72. The molecule has 1 amide bonds. The number of likely N-dealkylation sites (N-methyl/N-ethyl adjacent to an activating group) is 1. The van der Waals surface area contributed by atoms with Crippen molar-refractivity contribution in [1.29, 1.82) is 0 Å². The topological polar surface area (TPSA) is 61.6 Å². The van der Waals surface area contributed by atoms with Crippen LogP contribution in [0.2, 0.25) is 0 Å². The summed E-state index contributed by atoms with van der Waals surface area (Å²) < 4.78 is 0. The molecule has 0 spiro atoms.